The molecule has 0 atom stereocenters. The monoisotopic (exact) mass is 452 g/mol. The van der Waals surface area contributed by atoms with Gasteiger partial charge in [0.2, 0.25) is 0 Å². The van der Waals surface area contributed by atoms with Crippen molar-refractivity contribution in [1.82, 2.24) is 0 Å². The highest BCUT2D eigenvalue weighted by atomic mass is 79.9. The van der Waals surface area contributed by atoms with E-state index in [0.717, 1.165) is 51.0 Å². The maximum Gasteiger partial charge on any atom is 0.167 e. The average Bonchev–Trinajstić information content (AvgIpc) is 2.69. The molecule has 0 radical (unpaired) electrons. The van der Waals surface area contributed by atoms with E-state index in [0.29, 0.717) is 13.2 Å². The third-order valence-corrected chi connectivity index (χ3v) is 5.84. The van der Waals surface area contributed by atoms with Crippen LogP contribution in [0, 0.1) is 0 Å². The summed E-state index contributed by atoms with van der Waals surface area (Å²) < 4.78 is 12.3. The first-order chi connectivity index (χ1) is 13.1. The SMILES string of the molecule is CCOc1c(OC)ccc(Br)c1CNc1ccc(N2CCCCC2)c(Cl)c1. The lowest BCUT2D eigenvalue weighted by atomic mass is 10.1. The number of piperidine rings is 1. The van der Waals surface area contributed by atoms with Crippen molar-refractivity contribution in [2.24, 2.45) is 0 Å². The van der Waals surface area contributed by atoms with E-state index in [1.165, 1.54) is 19.3 Å². The van der Waals surface area contributed by atoms with Crippen LogP contribution < -0.4 is 19.7 Å². The molecule has 0 amide bonds. The zero-order valence-corrected chi connectivity index (χ0v) is 18.2. The van der Waals surface area contributed by atoms with Crippen LogP contribution >= 0.6 is 27.5 Å². The minimum Gasteiger partial charge on any atom is -0.493 e. The maximum absolute atomic E-state index is 6.57. The van der Waals surface area contributed by atoms with Gasteiger partial charge in [0, 0.05) is 35.4 Å². The fraction of sp³-hybridized carbons (Fsp3) is 0.429. The molecule has 1 heterocycles. The van der Waals surface area contributed by atoms with Gasteiger partial charge in [-0.15, -0.1) is 0 Å². The van der Waals surface area contributed by atoms with E-state index in [1.54, 1.807) is 7.11 Å². The van der Waals surface area contributed by atoms with Crippen LogP contribution in [0.4, 0.5) is 11.4 Å². The Morgan fingerprint density at radius 3 is 2.59 bits per heavy atom. The molecule has 3 rings (SSSR count). The van der Waals surface area contributed by atoms with Crippen LogP contribution in [0.5, 0.6) is 11.5 Å². The molecule has 0 saturated carbocycles. The van der Waals surface area contributed by atoms with Crippen molar-refractivity contribution in [3.05, 3.63) is 45.4 Å². The Bertz CT molecular complexity index is 779. The third-order valence-electron chi connectivity index (χ3n) is 4.79. The van der Waals surface area contributed by atoms with E-state index >= 15 is 0 Å². The molecule has 27 heavy (non-hydrogen) atoms. The number of nitrogens with one attached hydrogen (secondary N) is 1. The molecule has 1 aliphatic rings. The van der Waals surface area contributed by atoms with Crippen molar-refractivity contribution < 1.29 is 9.47 Å². The molecule has 0 bridgehead atoms. The van der Waals surface area contributed by atoms with E-state index in [9.17, 15) is 0 Å². The van der Waals surface area contributed by atoms with E-state index in [2.05, 4.69) is 38.3 Å². The van der Waals surface area contributed by atoms with Crippen LogP contribution in [-0.2, 0) is 6.54 Å². The summed E-state index contributed by atoms with van der Waals surface area (Å²) in [6.45, 7) is 5.32. The Balaban J connectivity index is 1.76. The van der Waals surface area contributed by atoms with Gasteiger partial charge in [0.05, 0.1) is 24.4 Å². The number of rotatable bonds is 7. The average molecular weight is 454 g/mol. The van der Waals surface area contributed by atoms with Gasteiger partial charge in [0.1, 0.15) is 0 Å². The third kappa shape index (κ3) is 4.82. The molecule has 2 aromatic carbocycles. The Labute approximate surface area is 174 Å². The van der Waals surface area contributed by atoms with Crippen LogP contribution in [0.15, 0.2) is 34.8 Å². The largest absolute Gasteiger partial charge is 0.493 e. The fourth-order valence-electron chi connectivity index (χ4n) is 3.41. The first kappa shape index (κ1) is 20.2. The number of methoxy groups -OCH3 is 1. The highest BCUT2D eigenvalue weighted by Gasteiger charge is 2.16. The summed E-state index contributed by atoms with van der Waals surface area (Å²) in [5.74, 6) is 1.49. The normalized spacial score (nSPS) is 14.1. The second-order valence-corrected chi connectivity index (χ2v) is 7.82. The lowest BCUT2D eigenvalue weighted by Crippen LogP contribution is -2.29. The molecule has 1 fully saturated rings. The molecule has 4 nitrogen and oxygen atoms in total. The molecule has 0 aliphatic carbocycles. The standard InChI is InChI=1S/C21H26BrClN2O2/c1-3-27-21-16(17(22)8-10-20(21)26-2)14-24-15-7-9-19(18(23)13-15)25-11-5-4-6-12-25/h7-10,13,24H,3-6,11-12,14H2,1-2H3. The molecule has 6 heteroatoms. The number of nitrogens with zero attached hydrogens (tertiary/aromatic N) is 1. The van der Waals surface area contributed by atoms with E-state index in [4.69, 9.17) is 21.1 Å². The number of ether oxygens (including phenoxy) is 2. The summed E-state index contributed by atoms with van der Waals surface area (Å²) in [5.41, 5.74) is 3.13. The van der Waals surface area contributed by atoms with Crippen molar-refractivity contribution in [3.63, 3.8) is 0 Å². The maximum atomic E-state index is 6.57. The molecular formula is C21H26BrClN2O2. The lowest BCUT2D eigenvalue weighted by Gasteiger charge is -2.29. The van der Waals surface area contributed by atoms with Gasteiger partial charge in [0.15, 0.2) is 11.5 Å². The topological polar surface area (TPSA) is 33.7 Å². The van der Waals surface area contributed by atoms with Crippen LogP contribution in [0.3, 0.4) is 0 Å². The second-order valence-electron chi connectivity index (χ2n) is 6.56. The van der Waals surface area contributed by atoms with Gasteiger partial charge < -0.3 is 19.7 Å². The van der Waals surface area contributed by atoms with Crippen molar-refractivity contribution in [1.29, 1.82) is 0 Å². The Kier molecular flexibility index (Phi) is 7.13. The molecular weight excluding hydrogens is 428 g/mol. The van der Waals surface area contributed by atoms with Crippen LogP contribution in [0.1, 0.15) is 31.7 Å². The van der Waals surface area contributed by atoms with Crippen LogP contribution in [0.2, 0.25) is 5.02 Å². The van der Waals surface area contributed by atoms with Gasteiger partial charge in [-0.25, -0.2) is 0 Å². The van der Waals surface area contributed by atoms with Crippen LogP contribution in [0.25, 0.3) is 0 Å². The first-order valence-electron chi connectivity index (χ1n) is 9.40. The molecule has 0 aromatic heterocycles. The summed E-state index contributed by atoms with van der Waals surface area (Å²) >= 11 is 10.2. The minimum absolute atomic E-state index is 0.580. The van der Waals surface area contributed by atoms with Gasteiger partial charge in [-0.2, -0.15) is 0 Å². The van der Waals surface area contributed by atoms with Gasteiger partial charge in [-0.1, -0.05) is 27.5 Å². The van der Waals surface area contributed by atoms with Gasteiger partial charge >= 0.3 is 0 Å². The minimum atomic E-state index is 0.580. The predicted molar refractivity (Wildman–Crippen MR) is 117 cm³/mol. The number of halogens is 2. The van der Waals surface area contributed by atoms with Gasteiger partial charge in [-0.3, -0.25) is 0 Å². The number of hydrogen-bond donors (Lipinski definition) is 1. The van der Waals surface area contributed by atoms with E-state index in [1.807, 2.05) is 25.1 Å². The van der Waals surface area contributed by atoms with E-state index < -0.39 is 0 Å². The molecule has 146 valence electrons. The molecule has 1 saturated heterocycles. The number of anilines is 2. The highest BCUT2D eigenvalue weighted by molar-refractivity contribution is 9.10. The predicted octanol–water partition coefficient (Wildman–Crippen LogP) is 6.11. The van der Waals surface area contributed by atoms with Crippen LogP contribution in [-0.4, -0.2) is 26.8 Å². The van der Waals surface area contributed by atoms with Gasteiger partial charge in [0.25, 0.3) is 0 Å². The fourth-order valence-corrected chi connectivity index (χ4v) is 4.16. The molecule has 1 N–H and O–H groups in total. The van der Waals surface area contributed by atoms with Crippen molar-refractivity contribution in [3.8, 4) is 11.5 Å². The van der Waals surface area contributed by atoms with Crippen molar-refractivity contribution in [2.45, 2.75) is 32.7 Å². The van der Waals surface area contributed by atoms with E-state index in [-0.39, 0.29) is 0 Å². The summed E-state index contributed by atoms with van der Waals surface area (Å²) in [6, 6.07) is 10.1. The summed E-state index contributed by atoms with van der Waals surface area (Å²) in [7, 11) is 1.65. The Morgan fingerprint density at radius 2 is 1.93 bits per heavy atom. The Hall–Kier alpha value is -1.59. The summed E-state index contributed by atoms with van der Waals surface area (Å²) in [4.78, 5) is 2.38. The van der Waals surface area contributed by atoms with Gasteiger partial charge in [-0.05, 0) is 56.5 Å². The number of hydrogen-bond acceptors (Lipinski definition) is 4. The zero-order chi connectivity index (χ0) is 19.2. The summed E-state index contributed by atoms with van der Waals surface area (Å²) in [5, 5.41) is 4.24. The zero-order valence-electron chi connectivity index (χ0n) is 15.9. The molecule has 0 spiro atoms. The summed E-state index contributed by atoms with van der Waals surface area (Å²) in [6.07, 6.45) is 3.78. The second kappa shape index (κ2) is 9.56. The van der Waals surface area contributed by atoms with Crippen molar-refractivity contribution >= 4 is 38.9 Å². The molecule has 2 aromatic rings. The lowest BCUT2D eigenvalue weighted by molar-refractivity contribution is 0.307. The molecule has 1 aliphatic heterocycles. The Morgan fingerprint density at radius 1 is 1.15 bits per heavy atom. The first-order valence-corrected chi connectivity index (χ1v) is 10.6. The quantitative estimate of drug-likeness (QED) is 0.548. The molecule has 0 unspecified atom stereocenters. The smallest absolute Gasteiger partial charge is 0.167 e. The number of benzene rings is 2. The highest BCUT2D eigenvalue weighted by Crippen LogP contribution is 2.37. The van der Waals surface area contributed by atoms with Crippen molar-refractivity contribution in [2.75, 3.05) is 37.0 Å².